The van der Waals surface area contributed by atoms with E-state index in [9.17, 15) is 9.59 Å². The lowest BCUT2D eigenvalue weighted by atomic mass is 10.2. The molecule has 0 aromatic heterocycles. The van der Waals surface area contributed by atoms with E-state index in [1.54, 1.807) is 37.3 Å². The van der Waals surface area contributed by atoms with Crippen LogP contribution >= 0.6 is 31.9 Å². The summed E-state index contributed by atoms with van der Waals surface area (Å²) in [5, 5.41) is 6.66. The molecular formula is C26H25Br2N3O4. The van der Waals surface area contributed by atoms with Crippen LogP contribution in [0.5, 0.6) is 11.5 Å². The summed E-state index contributed by atoms with van der Waals surface area (Å²) in [5.41, 5.74) is 4.64. The Morgan fingerprint density at radius 3 is 2.46 bits per heavy atom. The third kappa shape index (κ3) is 7.93. The van der Waals surface area contributed by atoms with Crippen LogP contribution in [0.25, 0.3) is 0 Å². The minimum atomic E-state index is -0.778. The maximum Gasteiger partial charge on any atom is 0.262 e. The molecule has 0 saturated carbocycles. The summed E-state index contributed by atoms with van der Waals surface area (Å²) in [6.07, 6.45) is 1.50. The van der Waals surface area contributed by atoms with Crippen molar-refractivity contribution in [3.8, 4) is 11.5 Å². The van der Waals surface area contributed by atoms with Crippen molar-refractivity contribution in [2.24, 2.45) is 5.10 Å². The van der Waals surface area contributed by atoms with Crippen LogP contribution in [0, 0.1) is 0 Å². The van der Waals surface area contributed by atoms with Gasteiger partial charge in [-0.15, -0.1) is 0 Å². The Labute approximate surface area is 221 Å². The quantitative estimate of drug-likeness (QED) is 0.238. The van der Waals surface area contributed by atoms with Gasteiger partial charge in [0.05, 0.1) is 18.4 Å². The molecule has 0 radical (unpaired) electrons. The van der Waals surface area contributed by atoms with Gasteiger partial charge in [-0.05, 0) is 83.4 Å². The first-order chi connectivity index (χ1) is 16.9. The number of hydrogen-bond donors (Lipinski definition) is 2. The molecule has 0 bridgehead atoms. The Hall–Kier alpha value is -3.17. The summed E-state index contributed by atoms with van der Waals surface area (Å²) in [4.78, 5) is 24.7. The van der Waals surface area contributed by atoms with Crippen molar-refractivity contribution in [1.29, 1.82) is 0 Å². The third-order valence-corrected chi connectivity index (χ3v) is 6.04. The standard InChI is InChI=1S/C26H25Br2N3O4/c1-3-34-24-14-19(10-13-23(24)35-16-18-8-11-20(27)12-9-18)15-29-31-25(32)17(2)30-26(33)21-6-4-5-7-22(21)28/h4-15,17H,3,16H2,1-2H3,(H,30,33)(H,31,32). The fourth-order valence-corrected chi connectivity index (χ4v) is 3.72. The maximum absolute atomic E-state index is 12.4. The topological polar surface area (TPSA) is 89.0 Å². The SMILES string of the molecule is CCOc1cc(C=NNC(=O)C(C)NC(=O)c2ccccc2Br)ccc1OCc1ccc(Br)cc1. The highest BCUT2D eigenvalue weighted by molar-refractivity contribution is 9.10. The van der Waals surface area contributed by atoms with Gasteiger partial charge >= 0.3 is 0 Å². The normalized spacial score (nSPS) is 11.7. The summed E-state index contributed by atoms with van der Waals surface area (Å²) < 4.78 is 13.3. The molecule has 0 aliphatic carbocycles. The minimum Gasteiger partial charge on any atom is -0.490 e. The Balaban J connectivity index is 1.57. The maximum atomic E-state index is 12.4. The van der Waals surface area contributed by atoms with E-state index in [0.717, 1.165) is 15.6 Å². The van der Waals surface area contributed by atoms with Gasteiger partial charge in [-0.1, -0.05) is 40.2 Å². The largest absolute Gasteiger partial charge is 0.490 e. The third-order valence-electron chi connectivity index (χ3n) is 4.82. The average molecular weight is 603 g/mol. The second-order valence-corrected chi connectivity index (χ2v) is 9.23. The number of carbonyl (C=O) groups excluding carboxylic acids is 2. The van der Waals surface area contributed by atoms with Gasteiger partial charge in [0.25, 0.3) is 11.8 Å². The Bertz CT molecular complexity index is 1200. The van der Waals surface area contributed by atoms with Gasteiger partial charge in [-0.3, -0.25) is 9.59 Å². The van der Waals surface area contributed by atoms with Gasteiger partial charge in [0, 0.05) is 8.95 Å². The monoisotopic (exact) mass is 601 g/mol. The first-order valence-electron chi connectivity index (χ1n) is 10.9. The zero-order valence-electron chi connectivity index (χ0n) is 19.3. The number of rotatable bonds is 10. The molecule has 3 aromatic rings. The van der Waals surface area contributed by atoms with Crippen molar-refractivity contribution in [2.75, 3.05) is 6.61 Å². The molecule has 0 spiro atoms. The molecule has 1 unspecified atom stereocenters. The summed E-state index contributed by atoms with van der Waals surface area (Å²) >= 11 is 6.75. The zero-order valence-corrected chi connectivity index (χ0v) is 22.4. The Morgan fingerprint density at radius 1 is 1.00 bits per heavy atom. The van der Waals surface area contributed by atoms with Gasteiger partial charge < -0.3 is 14.8 Å². The van der Waals surface area contributed by atoms with Crippen LogP contribution in [0.15, 0.2) is 80.8 Å². The van der Waals surface area contributed by atoms with Crippen molar-refractivity contribution >= 4 is 49.9 Å². The molecular weight excluding hydrogens is 578 g/mol. The summed E-state index contributed by atoms with van der Waals surface area (Å²) in [5.74, 6) is 0.388. The fourth-order valence-electron chi connectivity index (χ4n) is 2.99. The lowest BCUT2D eigenvalue weighted by Crippen LogP contribution is -2.43. The van der Waals surface area contributed by atoms with Gasteiger partial charge in [0.15, 0.2) is 11.5 Å². The van der Waals surface area contributed by atoms with Crippen molar-refractivity contribution in [3.63, 3.8) is 0 Å². The number of carbonyl (C=O) groups is 2. The number of amides is 2. The van der Waals surface area contributed by atoms with Gasteiger partial charge in [-0.25, -0.2) is 5.43 Å². The van der Waals surface area contributed by atoms with Crippen LogP contribution < -0.4 is 20.2 Å². The molecule has 0 heterocycles. The molecule has 182 valence electrons. The number of nitrogens with zero attached hydrogens (tertiary/aromatic N) is 1. The van der Waals surface area contributed by atoms with E-state index in [2.05, 4.69) is 47.7 Å². The molecule has 3 aromatic carbocycles. The van der Waals surface area contributed by atoms with Crippen LogP contribution in [-0.4, -0.2) is 30.7 Å². The molecule has 1 atom stereocenters. The predicted molar refractivity (Wildman–Crippen MR) is 143 cm³/mol. The van der Waals surface area contributed by atoms with Crippen LogP contribution in [-0.2, 0) is 11.4 Å². The highest BCUT2D eigenvalue weighted by Gasteiger charge is 2.17. The summed E-state index contributed by atoms with van der Waals surface area (Å²) in [7, 11) is 0. The van der Waals surface area contributed by atoms with Crippen molar-refractivity contribution in [2.45, 2.75) is 26.5 Å². The molecule has 0 saturated heterocycles. The number of nitrogens with one attached hydrogen (secondary N) is 2. The lowest BCUT2D eigenvalue weighted by Gasteiger charge is -2.13. The smallest absolute Gasteiger partial charge is 0.262 e. The van der Waals surface area contributed by atoms with E-state index in [1.807, 2.05) is 43.3 Å². The van der Waals surface area contributed by atoms with Gasteiger partial charge in [-0.2, -0.15) is 5.10 Å². The van der Waals surface area contributed by atoms with Crippen molar-refractivity contribution < 1.29 is 19.1 Å². The highest BCUT2D eigenvalue weighted by atomic mass is 79.9. The highest BCUT2D eigenvalue weighted by Crippen LogP contribution is 2.29. The molecule has 7 nitrogen and oxygen atoms in total. The zero-order chi connectivity index (χ0) is 25.2. The summed E-state index contributed by atoms with van der Waals surface area (Å²) in [6, 6.07) is 19.5. The first kappa shape index (κ1) is 26.4. The molecule has 2 N–H and O–H groups in total. The van der Waals surface area contributed by atoms with E-state index in [4.69, 9.17) is 9.47 Å². The predicted octanol–water partition coefficient (Wildman–Crippen LogP) is 5.46. The number of benzene rings is 3. The summed E-state index contributed by atoms with van der Waals surface area (Å²) in [6.45, 7) is 4.36. The molecule has 9 heteroatoms. The lowest BCUT2D eigenvalue weighted by molar-refractivity contribution is -0.122. The number of hydrazone groups is 1. The molecule has 35 heavy (non-hydrogen) atoms. The van der Waals surface area contributed by atoms with E-state index < -0.39 is 11.9 Å². The fraction of sp³-hybridized carbons (Fsp3) is 0.192. The molecule has 3 rings (SSSR count). The Kier molecular flexibility index (Phi) is 9.86. The van der Waals surface area contributed by atoms with Crippen molar-refractivity contribution in [3.05, 3.63) is 92.4 Å². The van der Waals surface area contributed by atoms with Crippen molar-refractivity contribution in [1.82, 2.24) is 10.7 Å². The van der Waals surface area contributed by atoms with Crippen LogP contribution in [0.3, 0.4) is 0 Å². The van der Waals surface area contributed by atoms with E-state index in [0.29, 0.717) is 34.7 Å². The molecule has 2 amide bonds. The first-order valence-corrected chi connectivity index (χ1v) is 12.5. The molecule has 0 fully saturated rings. The second kappa shape index (κ2) is 13.1. The number of ether oxygens (including phenoxy) is 2. The minimum absolute atomic E-state index is 0.357. The van der Waals surface area contributed by atoms with Crippen LogP contribution in [0.2, 0.25) is 0 Å². The molecule has 0 aliphatic heterocycles. The van der Waals surface area contributed by atoms with Crippen LogP contribution in [0.1, 0.15) is 35.3 Å². The van der Waals surface area contributed by atoms with Gasteiger partial charge in [0.2, 0.25) is 0 Å². The number of hydrogen-bond acceptors (Lipinski definition) is 5. The van der Waals surface area contributed by atoms with E-state index in [1.165, 1.54) is 6.21 Å². The van der Waals surface area contributed by atoms with E-state index in [-0.39, 0.29) is 5.91 Å². The number of halogens is 2. The average Bonchev–Trinajstić information content (AvgIpc) is 2.85. The second-order valence-electron chi connectivity index (χ2n) is 7.46. The Morgan fingerprint density at radius 2 is 1.74 bits per heavy atom. The van der Waals surface area contributed by atoms with Crippen LogP contribution in [0.4, 0.5) is 0 Å². The van der Waals surface area contributed by atoms with Gasteiger partial charge in [0.1, 0.15) is 12.6 Å². The van der Waals surface area contributed by atoms with E-state index >= 15 is 0 Å². The molecule has 0 aliphatic rings.